The first-order valence-corrected chi connectivity index (χ1v) is 8.20. The summed E-state index contributed by atoms with van der Waals surface area (Å²) in [6, 6.07) is 6.40. The summed E-state index contributed by atoms with van der Waals surface area (Å²) in [5.41, 5.74) is 6.19. The Balaban J connectivity index is 0.000000380. The second kappa shape index (κ2) is 8.30. The number of rotatable bonds is 2. The number of fused-ring (bicyclic) bond motifs is 2. The van der Waals surface area contributed by atoms with E-state index in [2.05, 4.69) is 0 Å². The van der Waals surface area contributed by atoms with Crippen molar-refractivity contribution in [3.8, 4) is 0 Å². The maximum atomic E-state index is 12.7. The van der Waals surface area contributed by atoms with Crippen molar-refractivity contribution >= 4 is 35.3 Å². The highest BCUT2D eigenvalue weighted by Gasteiger charge is 2.40. The second-order valence-electron chi connectivity index (χ2n) is 6.03. The van der Waals surface area contributed by atoms with Gasteiger partial charge in [0.15, 0.2) is 0 Å². The van der Waals surface area contributed by atoms with Gasteiger partial charge < -0.3 is 25.7 Å². The first-order valence-electron chi connectivity index (χ1n) is 8.20. The molecule has 0 radical (unpaired) electrons. The molecular formula is C17H19N3O7. The smallest absolute Gasteiger partial charge is 0.414 e. The zero-order valence-electron chi connectivity index (χ0n) is 14.3. The number of hydrogen-bond acceptors (Lipinski definition) is 5. The van der Waals surface area contributed by atoms with Gasteiger partial charge in [-0.1, -0.05) is 12.1 Å². The molecule has 1 fully saturated rings. The normalized spacial score (nSPS) is 18.4. The maximum Gasteiger partial charge on any atom is 0.414 e. The fourth-order valence-corrected chi connectivity index (χ4v) is 3.09. The molecule has 1 aromatic rings. The van der Waals surface area contributed by atoms with E-state index in [1.54, 1.807) is 29.2 Å². The number of nitrogens with two attached hydrogens (primary N) is 1. The number of aliphatic carboxylic acids is 2. The van der Waals surface area contributed by atoms with Crippen molar-refractivity contribution in [2.24, 2.45) is 5.73 Å². The van der Waals surface area contributed by atoms with Gasteiger partial charge in [0.25, 0.3) is 5.91 Å². The zero-order valence-corrected chi connectivity index (χ0v) is 14.3. The number of benzene rings is 1. The van der Waals surface area contributed by atoms with Gasteiger partial charge in [-0.25, -0.2) is 9.59 Å². The lowest BCUT2D eigenvalue weighted by Gasteiger charge is -2.34. The molecule has 2 heterocycles. The van der Waals surface area contributed by atoms with Crippen LogP contribution in [0, 0.1) is 0 Å². The number of anilines is 1. The number of carboxylic acid groups (broad SMARTS) is 2. The quantitative estimate of drug-likeness (QED) is 0.595. The first-order chi connectivity index (χ1) is 12.7. The lowest BCUT2D eigenvalue weighted by atomic mass is 10.0. The fourth-order valence-electron chi connectivity index (χ4n) is 3.09. The van der Waals surface area contributed by atoms with Crippen molar-refractivity contribution in [1.29, 1.82) is 0 Å². The molecule has 3 rings (SSSR count). The monoisotopic (exact) mass is 377 g/mol. The highest BCUT2D eigenvalue weighted by atomic mass is 16.4. The summed E-state index contributed by atoms with van der Waals surface area (Å²) >= 11 is 0. The van der Waals surface area contributed by atoms with Gasteiger partial charge in [0.2, 0.25) is 11.8 Å². The molecule has 10 heteroatoms. The lowest BCUT2D eigenvalue weighted by molar-refractivity contribution is -0.159. The average Bonchev–Trinajstić information content (AvgIpc) is 2.72. The summed E-state index contributed by atoms with van der Waals surface area (Å²) < 4.78 is 0. The van der Waals surface area contributed by atoms with Crippen molar-refractivity contribution in [2.45, 2.75) is 25.3 Å². The molecule has 0 aromatic heterocycles. The summed E-state index contributed by atoms with van der Waals surface area (Å²) in [5, 5.41) is 14.8. The molecule has 0 bridgehead atoms. The van der Waals surface area contributed by atoms with E-state index in [4.69, 9.17) is 25.5 Å². The van der Waals surface area contributed by atoms with E-state index in [1.165, 1.54) is 4.90 Å². The van der Waals surface area contributed by atoms with Gasteiger partial charge in [-0.3, -0.25) is 14.4 Å². The number of para-hydroxylation sites is 1. The van der Waals surface area contributed by atoms with Gasteiger partial charge in [0.1, 0.15) is 12.6 Å². The Morgan fingerprint density at radius 3 is 2.30 bits per heavy atom. The molecule has 1 aromatic carbocycles. The van der Waals surface area contributed by atoms with Crippen molar-refractivity contribution in [3.63, 3.8) is 0 Å². The Hall–Kier alpha value is -3.43. The average molecular weight is 377 g/mol. The summed E-state index contributed by atoms with van der Waals surface area (Å²) in [6.45, 7) is 0.376. The van der Waals surface area contributed by atoms with E-state index in [-0.39, 0.29) is 18.4 Å². The summed E-state index contributed by atoms with van der Waals surface area (Å²) in [7, 11) is 0. The van der Waals surface area contributed by atoms with Gasteiger partial charge in [0, 0.05) is 6.54 Å². The topological polar surface area (TPSA) is 158 Å². The van der Waals surface area contributed by atoms with Crippen LogP contribution in [0.25, 0.3) is 0 Å². The number of primary amides is 1. The summed E-state index contributed by atoms with van der Waals surface area (Å²) in [4.78, 5) is 57.9. The van der Waals surface area contributed by atoms with Gasteiger partial charge in [-0.15, -0.1) is 0 Å². The maximum absolute atomic E-state index is 12.7. The number of piperidine rings is 1. The number of carboxylic acids is 2. The van der Waals surface area contributed by atoms with Crippen LogP contribution < -0.4 is 10.6 Å². The second-order valence-corrected chi connectivity index (χ2v) is 6.03. The minimum absolute atomic E-state index is 0.143. The Morgan fingerprint density at radius 2 is 1.70 bits per heavy atom. The molecule has 0 spiro atoms. The zero-order chi connectivity index (χ0) is 20.1. The van der Waals surface area contributed by atoms with Crippen molar-refractivity contribution in [1.82, 2.24) is 4.90 Å². The molecule has 4 N–H and O–H groups in total. The molecule has 1 atom stereocenters. The fraction of sp³-hybridized carbons (Fsp3) is 0.353. The van der Waals surface area contributed by atoms with E-state index >= 15 is 0 Å². The van der Waals surface area contributed by atoms with Crippen LogP contribution in [0.2, 0.25) is 0 Å². The Kier molecular flexibility index (Phi) is 6.11. The first kappa shape index (κ1) is 19.9. The van der Waals surface area contributed by atoms with Crippen LogP contribution in [-0.2, 0) is 19.2 Å². The van der Waals surface area contributed by atoms with Crippen LogP contribution in [-0.4, -0.2) is 63.9 Å². The highest BCUT2D eigenvalue weighted by molar-refractivity contribution is 6.27. The number of amides is 3. The SMILES string of the molecule is NC(=O)CN1C(=O)C2CCCCN2C(=O)c2ccccc21.O=C(O)C(=O)O. The number of nitrogens with zero attached hydrogens (tertiary/aromatic N) is 2. The highest BCUT2D eigenvalue weighted by Crippen LogP contribution is 2.31. The number of carbonyl (C=O) groups is 5. The molecule has 2 aliphatic heterocycles. The van der Waals surface area contributed by atoms with E-state index in [1.807, 2.05) is 0 Å². The van der Waals surface area contributed by atoms with Crippen LogP contribution in [0.3, 0.4) is 0 Å². The molecule has 3 amide bonds. The summed E-state index contributed by atoms with van der Waals surface area (Å²) in [5.74, 6) is -4.60. The molecule has 2 aliphatic rings. The third-order valence-corrected chi connectivity index (χ3v) is 4.24. The standard InChI is InChI=1S/C15H17N3O3.C2H2O4/c16-13(19)9-18-11-6-2-1-5-10(11)14(20)17-8-4-3-7-12(17)15(18)21;3-1(4)2(5)6/h1-2,5-6,12H,3-4,7-9H2,(H2,16,19);(H,3,4)(H,5,6). The number of hydrogen-bond donors (Lipinski definition) is 3. The lowest BCUT2D eigenvalue weighted by Crippen LogP contribution is -2.52. The molecule has 27 heavy (non-hydrogen) atoms. The minimum atomic E-state index is -1.82. The van der Waals surface area contributed by atoms with Crippen LogP contribution in [0.4, 0.5) is 5.69 Å². The minimum Gasteiger partial charge on any atom is -0.473 e. The van der Waals surface area contributed by atoms with E-state index in [0.717, 1.165) is 12.8 Å². The van der Waals surface area contributed by atoms with Gasteiger partial charge in [0.05, 0.1) is 11.3 Å². The number of carbonyl (C=O) groups excluding carboxylic acids is 3. The largest absolute Gasteiger partial charge is 0.473 e. The predicted molar refractivity (Wildman–Crippen MR) is 91.9 cm³/mol. The van der Waals surface area contributed by atoms with Crippen LogP contribution in [0.5, 0.6) is 0 Å². The van der Waals surface area contributed by atoms with E-state index < -0.39 is 23.9 Å². The summed E-state index contributed by atoms with van der Waals surface area (Å²) in [6.07, 6.45) is 2.43. The Morgan fingerprint density at radius 1 is 1.07 bits per heavy atom. The van der Waals surface area contributed by atoms with Crippen molar-refractivity contribution in [2.75, 3.05) is 18.0 Å². The molecule has 144 valence electrons. The molecule has 1 saturated heterocycles. The van der Waals surface area contributed by atoms with Crippen LogP contribution in [0.1, 0.15) is 29.6 Å². The van der Waals surface area contributed by atoms with Crippen LogP contribution >= 0.6 is 0 Å². The Bertz CT molecular complexity index is 780. The van der Waals surface area contributed by atoms with Crippen molar-refractivity contribution in [3.05, 3.63) is 29.8 Å². The third-order valence-electron chi connectivity index (χ3n) is 4.24. The molecular weight excluding hydrogens is 358 g/mol. The van der Waals surface area contributed by atoms with E-state index in [9.17, 15) is 14.4 Å². The molecule has 10 nitrogen and oxygen atoms in total. The van der Waals surface area contributed by atoms with Gasteiger partial charge in [-0.2, -0.15) is 0 Å². The Labute approximate surface area is 154 Å². The molecule has 0 aliphatic carbocycles. The van der Waals surface area contributed by atoms with Gasteiger partial charge in [-0.05, 0) is 31.4 Å². The molecule has 0 saturated carbocycles. The molecule has 1 unspecified atom stereocenters. The third kappa shape index (κ3) is 4.40. The van der Waals surface area contributed by atoms with Gasteiger partial charge >= 0.3 is 11.9 Å². The van der Waals surface area contributed by atoms with E-state index in [0.29, 0.717) is 24.2 Å². The predicted octanol–water partition coefficient (Wildman–Crippen LogP) is -0.331. The van der Waals surface area contributed by atoms with Crippen LogP contribution in [0.15, 0.2) is 24.3 Å². The van der Waals surface area contributed by atoms with Crippen molar-refractivity contribution < 1.29 is 34.2 Å².